The molecule has 2 nitrogen and oxygen atoms in total. The number of rotatable bonds is 1. The summed E-state index contributed by atoms with van der Waals surface area (Å²) in [7, 11) is 0. The Labute approximate surface area is 107 Å². The van der Waals surface area contributed by atoms with E-state index in [4.69, 9.17) is 34.8 Å². The predicted molar refractivity (Wildman–Crippen MR) is 66.4 cm³/mol. The van der Waals surface area contributed by atoms with Crippen molar-refractivity contribution in [3.8, 4) is 16.9 Å². The Balaban J connectivity index is 2.62. The lowest BCUT2D eigenvalue weighted by Crippen LogP contribution is -1.84. The molecule has 2 rings (SSSR count). The number of benzene rings is 1. The second-order valence-electron chi connectivity index (χ2n) is 3.16. The fourth-order valence-electron chi connectivity index (χ4n) is 1.33. The van der Waals surface area contributed by atoms with Crippen molar-refractivity contribution in [2.75, 3.05) is 0 Å². The summed E-state index contributed by atoms with van der Waals surface area (Å²) in [5.74, 6) is 0.0328. The molecule has 0 aliphatic heterocycles. The van der Waals surface area contributed by atoms with E-state index in [0.29, 0.717) is 21.2 Å². The molecule has 2 aromatic rings. The third-order valence-corrected chi connectivity index (χ3v) is 2.89. The Morgan fingerprint density at radius 2 is 1.75 bits per heavy atom. The Bertz CT molecular complexity index is 543. The minimum atomic E-state index is 0.0328. The molecule has 0 aliphatic carbocycles. The number of aromatic hydroxyl groups is 1. The summed E-state index contributed by atoms with van der Waals surface area (Å²) in [5, 5.41) is 10.6. The van der Waals surface area contributed by atoms with Gasteiger partial charge in [-0.3, -0.25) is 0 Å². The largest absolute Gasteiger partial charge is 0.506 e. The lowest BCUT2D eigenvalue weighted by molar-refractivity contribution is 0.473. The number of hydrogen-bond acceptors (Lipinski definition) is 2. The zero-order valence-corrected chi connectivity index (χ0v) is 10.2. The van der Waals surface area contributed by atoms with Crippen LogP contribution in [0.3, 0.4) is 0 Å². The van der Waals surface area contributed by atoms with E-state index in [1.807, 2.05) is 0 Å². The Morgan fingerprint density at radius 1 is 1.00 bits per heavy atom. The van der Waals surface area contributed by atoms with Gasteiger partial charge < -0.3 is 5.11 Å². The van der Waals surface area contributed by atoms with Gasteiger partial charge in [0.25, 0.3) is 0 Å². The summed E-state index contributed by atoms with van der Waals surface area (Å²) < 4.78 is 0. The van der Waals surface area contributed by atoms with Gasteiger partial charge in [-0.15, -0.1) is 0 Å². The summed E-state index contributed by atoms with van der Waals surface area (Å²) in [6.07, 6.45) is 1.27. The first-order valence-corrected chi connectivity index (χ1v) is 5.51. The van der Waals surface area contributed by atoms with Crippen molar-refractivity contribution < 1.29 is 5.11 Å². The molecule has 0 atom stereocenters. The van der Waals surface area contributed by atoms with Gasteiger partial charge in [-0.2, -0.15) is 0 Å². The molecular formula is C11H6Cl3NO. The first kappa shape index (κ1) is 11.5. The summed E-state index contributed by atoms with van der Waals surface area (Å²) in [4.78, 5) is 3.84. The van der Waals surface area contributed by atoms with Gasteiger partial charge in [-0.05, 0) is 18.2 Å². The summed E-state index contributed by atoms with van der Waals surface area (Å²) in [6, 6.07) is 6.54. The van der Waals surface area contributed by atoms with Crippen LogP contribution in [0.15, 0.2) is 30.5 Å². The van der Waals surface area contributed by atoms with E-state index >= 15 is 0 Å². The first-order chi connectivity index (χ1) is 7.58. The van der Waals surface area contributed by atoms with Crippen LogP contribution in [0.5, 0.6) is 5.75 Å². The van der Waals surface area contributed by atoms with Gasteiger partial charge in [0.2, 0.25) is 0 Å². The second-order valence-corrected chi connectivity index (χ2v) is 4.36. The highest BCUT2D eigenvalue weighted by Crippen LogP contribution is 2.35. The topological polar surface area (TPSA) is 33.1 Å². The van der Waals surface area contributed by atoms with Crippen LogP contribution in [0.4, 0.5) is 0 Å². The lowest BCUT2D eigenvalue weighted by atomic mass is 10.1. The average Bonchev–Trinajstić information content (AvgIpc) is 2.22. The maximum absolute atomic E-state index is 9.35. The van der Waals surface area contributed by atoms with Crippen LogP contribution in [0.2, 0.25) is 15.2 Å². The predicted octanol–water partition coefficient (Wildman–Crippen LogP) is 4.41. The standard InChI is InChI=1S/C11H6Cl3NO/c12-6-1-2-8(10(13)3-6)9-4-7(16)5-15-11(9)14/h1-5,16H. The average molecular weight is 275 g/mol. The quantitative estimate of drug-likeness (QED) is 0.781. The van der Waals surface area contributed by atoms with Crippen molar-refractivity contribution in [2.45, 2.75) is 0 Å². The number of aromatic nitrogens is 1. The molecule has 16 heavy (non-hydrogen) atoms. The molecule has 5 heteroatoms. The van der Waals surface area contributed by atoms with E-state index in [1.54, 1.807) is 18.2 Å². The Kier molecular flexibility index (Phi) is 3.24. The summed E-state index contributed by atoms with van der Waals surface area (Å²) in [5.41, 5.74) is 1.25. The smallest absolute Gasteiger partial charge is 0.137 e. The van der Waals surface area contributed by atoms with E-state index in [-0.39, 0.29) is 10.9 Å². The highest BCUT2D eigenvalue weighted by molar-refractivity contribution is 6.37. The van der Waals surface area contributed by atoms with E-state index in [0.717, 1.165) is 0 Å². The van der Waals surface area contributed by atoms with E-state index < -0.39 is 0 Å². The highest BCUT2D eigenvalue weighted by Gasteiger charge is 2.10. The number of halogens is 3. The molecule has 1 N–H and O–H groups in total. The third-order valence-electron chi connectivity index (χ3n) is 2.05. The number of hydrogen-bond donors (Lipinski definition) is 1. The monoisotopic (exact) mass is 273 g/mol. The van der Waals surface area contributed by atoms with Crippen LogP contribution in [-0.2, 0) is 0 Å². The van der Waals surface area contributed by atoms with Gasteiger partial charge in [0.15, 0.2) is 0 Å². The molecule has 0 spiro atoms. The molecule has 1 heterocycles. The molecule has 0 amide bonds. The first-order valence-electron chi connectivity index (χ1n) is 4.38. The lowest BCUT2D eigenvalue weighted by Gasteiger charge is -2.06. The van der Waals surface area contributed by atoms with Crippen molar-refractivity contribution in [2.24, 2.45) is 0 Å². The maximum Gasteiger partial charge on any atom is 0.137 e. The minimum absolute atomic E-state index is 0.0328. The van der Waals surface area contributed by atoms with Crippen LogP contribution in [0.25, 0.3) is 11.1 Å². The Morgan fingerprint density at radius 3 is 2.44 bits per heavy atom. The van der Waals surface area contributed by atoms with Gasteiger partial charge in [0, 0.05) is 21.2 Å². The normalized spacial score (nSPS) is 10.4. The summed E-state index contributed by atoms with van der Waals surface area (Å²) in [6.45, 7) is 0. The molecule has 0 aliphatic rings. The fourth-order valence-corrected chi connectivity index (χ4v) is 2.05. The molecule has 82 valence electrons. The zero-order chi connectivity index (χ0) is 11.7. The minimum Gasteiger partial charge on any atom is -0.506 e. The van der Waals surface area contributed by atoms with Gasteiger partial charge in [0.05, 0.1) is 6.20 Å². The van der Waals surface area contributed by atoms with Crippen molar-refractivity contribution in [1.82, 2.24) is 4.98 Å². The van der Waals surface area contributed by atoms with Crippen molar-refractivity contribution in [3.05, 3.63) is 45.7 Å². The molecule has 0 unspecified atom stereocenters. The molecule has 1 aromatic heterocycles. The molecule has 0 radical (unpaired) electrons. The van der Waals surface area contributed by atoms with E-state index in [9.17, 15) is 5.11 Å². The van der Waals surface area contributed by atoms with Crippen molar-refractivity contribution in [1.29, 1.82) is 0 Å². The van der Waals surface area contributed by atoms with Gasteiger partial charge in [-0.25, -0.2) is 4.98 Å². The van der Waals surface area contributed by atoms with Gasteiger partial charge in [0.1, 0.15) is 10.9 Å². The molecular weight excluding hydrogens is 268 g/mol. The van der Waals surface area contributed by atoms with Gasteiger partial charge in [-0.1, -0.05) is 40.9 Å². The molecule has 1 aromatic carbocycles. The van der Waals surface area contributed by atoms with Crippen LogP contribution >= 0.6 is 34.8 Å². The zero-order valence-electron chi connectivity index (χ0n) is 7.92. The molecule has 0 saturated carbocycles. The molecule has 0 bridgehead atoms. The van der Waals surface area contributed by atoms with E-state index in [1.165, 1.54) is 12.3 Å². The number of nitrogens with zero attached hydrogens (tertiary/aromatic N) is 1. The summed E-state index contributed by atoms with van der Waals surface area (Å²) >= 11 is 17.8. The van der Waals surface area contributed by atoms with Crippen LogP contribution in [0, 0.1) is 0 Å². The maximum atomic E-state index is 9.35. The van der Waals surface area contributed by atoms with E-state index in [2.05, 4.69) is 4.98 Å². The second kappa shape index (κ2) is 4.50. The number of pyridine rings is 1. The molecule has 0 saturated heterocycles. The van der Waals surface area contributed by atoms with Crippen molar-refractivity contribution >= 4 is 34.8 Å². The third kappa shape index (κ3) is 2.24. The van der Waals surface area contributed by atoms with Crippen molar-refractivity contribution in [3.63, 3.8) is 0 Å². The van der Waals surface area contributed by atoms with Crippen LogP contribution < -0.4 is 0 Å². The van der Waals surface area contributed by atoms with Crippen LogP contribution in [-0.4, -0.2) is 10.1 Å². The molecule has 0 fully saturated rings. The van der Waals surface area contributed by atoms with Crippen LogP contribution in [0.1, 0.15) is 0 Å². The highest BCUT2D eigenvalue weighted by atomic mass is 35.5. The van der Waals surface area contributed by atoms with Gasteiger partial charge >= 0.3 is 0 Å². The fraction of sp³-hybridized carbons (Fsp3) is 0. The Hall–Kier alpha value is -0.960. The SMILES string of the molecule is Oc1cnc(Cl)c(-c2ccc(Cl)cc2Cl)c1.